The molecule has 33 heavy (non-hydrogen) atoms. The van der Waals surface area contributed by atoms with Gasteiger partial charge in [0.25, 0.3) is 0 Å². The van der Waals surface area contributed by atoms with Crippen molar-refractivity contribution in [3.63, 3.8) is 0 Å². The summed E-state index contributed by atoms with van der Waals surface area (Å²) >= 11 is 0. The fourth-order valence-corrected chi connectivity index (χ4v) is 3.83. The smallest absolute Gasteiger partial charge is 0.201 e. The molecule has 4 N–H and O–H groups in total. The first-order valence-electron chi connectivity index (χ1n) is 10.6. The van der Waals surface area contributed by atoms with Crippen molar-refractivity contribution in [3.05, 3.63) is 47.5 Å². The molecule has 0 spiro atoms. The van der Waals surface area contributed by atoms with E-state index in [1.807, 2.05) is 18.7 Å². The Labute approximate surface area is 190 Å². The molecule has 3 aromatic rings. The van der Waals surface area contributed by atoms with E-state index in [4.69, 9.17) is 15.9 Å². The van der Waals surface area contributed by atoms with Gasteiger partial charge in [-0.25, -0.2) is 4.39 Å². The van der Waals surface area contributed by atoms with Gasteiger partial charge < -0.3 is 25.9 Å². The normalized spacial score (nSPS) is 14.0. The number of anilines is 2. The number of aldehydes is 1. The third-order valence-electron chi connectivity index (χ3n) is 5.61. The van der Waals surface area contributed by atoms with Gasteiger partial charge in [0.05, 0.1) is 30.2 Å². The number of benzene rings is 2. The number of carbonyl (C=O) groups is 1. The SMILES string of the molecule is CC(C)C(=N)c1cc(-c2nnc(C=O)n2-c2ccc(N3CCOCC3)c(F)c2)c(O)cc1N. The van der Waals surface area contributed by atoms with E-state index in [2.05, 4.69) is 10.2 Å². The van der Waals surface area contributed by atoms with E-state index in [0.717, 1.165) is 0 Å². The Balaban J connectivity index is 1.83. The number of rotatable bonds is 6. The van der Waals surface area contributed by atoms with Gasteiger partial charge in [0, 0.05) is 42.2 Å². The minimum Gasteiger partial charge on any atom is -0.507 e. The maximum Gasteiger partial charge on any atom is 0.201 e. The van der Waals surface area contributed by atoms with Crippen LogP contribution in [-0.2, 0) is 4.74 Å². The molecule has 0 atom stereocenters. The lowest BCUT2D eigenvalue weighted by Crippen LogP contribution is -2.36. The van der Waals surface area contributed by atoms with Gasteiger partial charge in [0.15, 0.2) is 12.1 Å². The van der Waals surface area contributed by atoms with Crippen LogP contribution in [0.1, 0.15) is 30.0 Å². The Morgan fingerprint density at radius 1 is 1.24 bits per heavy atom. The quantitative estimate of drug-likeness (QED) is 0.298. The van der Waals surface area contributed by atoms with Gasteiger partial charge in [-0.05, 0) is 24.1 Å². The molecule has 0 radical (unpaired) electrons. The van der Waals surface area contributed by atoms with Crippen LogP contribution in [0.2, 0.25) is 0 Å². The zero-order valence-corrected chi connectivity index (χ0v) is 18.4. The predicted octanol–water partition coefficient (Wildman–Crippen LogP) is 3.03. The third kappa shape index (κ3) is 4.17. The number of nitrogens with two attached hydrogens (primary N) is 1. The molecule has 2 heterocycles. The topological polar surface area (TPSA) is 130 Å². The van der Waals surface area contributed by atoms with E-state index in [1.165, 1.54) is 16.7 Å². The van der Waals surface area contributed by atoms with Crippen molar-refractivity contribution >= 4 is 23.4 Å². The van der Waals surface area contributed by atoms with Gasteiger partial charge in [-0.2, -0.15) is 0 Å². The largest absolute Gasteiger partial charge is 0.507 e. The van der Waals surface area contributed by atoms with Crippen molar-refractivity contribution < 1.29 is 19.0 Å². The summed E-state index contributed by atoms with van der Waals surface area (Å²) in [5, 5.41) is 26.9. The highest BCUT2D eigenvalue weighted by atomic mass is 19.1. The second-order valence-corrected chi connectivity index (χ2v) is 8.10. The van der Waals surface area contributed by atoms with E-state index in [-0.39, 0.29) is 40.3 Å². The second-order valence-electron chi connectivity index (χ2n) is 8.10. The number of hydrogen-bond acceptors (Lipinski definition) is 8. The average molecular weight is 452 g/mol. The third-order valence-corrected chi connectivity index (χ3v) is 5.61. The molecule has 0 saturated carbocycles. The number of carbonyl (C=O) groups excluding carboxylic acids is 1. The van der Waals surface area contributed by atoms with Crippen LogP contribution < -0.4 is 10.6 Å². The highest BCUT2D eigenvalue weighted by Crippen LogP contribution is 2.35. The van der Waals surface area contributed by atoms with Crippen molar-refractivity contribution in [2.45, 2.75) is 13.8 Å². The first-order valence-corrected chi connectivity index (χ1v) is 10.6. The summed E-state index contributed by atoms with van der Waals surface area (Å²) in [6.07, 6.45) is 0.510. The second kappa shape index (κ2) is 8.99. The van der Waals surface area contributed by atoms with Crippen LogP contribution in [0.3, 0.4) is 0 Å². The highest BCUT2D eigenvalue weighted by Gasteiger charge is 2.23. The van der Waals surface area contributed by atoms with Crippen LogP contribution >= 0.6 is 0 Å². The fourth-order valence-electron chi connectivity index (χ4n) is 3.83. The lowest BCUT2D eigenvalue weighted by atomic mass is 9.96. The van der Waals surface area contributed by atoms with Crippen LogP contribution in [0, 0.1) is 17.1 Å². The van der Waals surface area contributed by atoms with Gasteiger partial charge in [-0.15, -0.1) is 10.2 Å². The monoisotopic (exact) mass is 452 g/mol. The summed E-state index contributed by atoms with van der Waals surface area (Å²) in [7, 11) is 0. The molecule has 0 bridgehead atoms. The minimum atomic E-state index is -0.463. The van der Waals surface area contributed by atoms with E-state index in [9.17, 15) is 9.90 Å². The maximum atomic E-state index is 15.1. The predicted molar refractivity (Wildman–Crippen MR) is 123 cm³/mol. The highest BCUT2D eigenvalue weighted by molar-refractivity contribution is 6.05. The summed E-state index contributed by atoms with van der Waals surface area (Å²) in [5.74, 6) is -0.680. The summed E-state index contributed by atoms with van der Waals surface area (Å²) in [6, 6.07) is 7.48. The molecule has 1 saturated heterocycles. The first-order chi connectivity index (χ1) is 15.8. The Hall–Kier alpha value is -3.79. The Morgan fingerprint density at radius 3 is 2.61 bits per heavy atom. The van der Waals surface area contributed by atoms with Gasteiger partial charge >= 0.3 is 0 Å². The van der Waals surface area contributed by atoms with Gasteiger partial charge in [-0.1, -0.05) is 13.8 Å². The Kier molecular flexibility index (Phi) is 6.10. The molecule has 0 aliphatic carbocycles. The molecule has 10 heteroatoms. The van der Waals surface area contributed by atoms with Crippen LogP contribution in [0.25, 0.3) is 17.1 Å². The molecular formula is C23H25FN6O3. The van der Waals surface area contributed by atoms with Crippen LogP contribution in [0.5, 0.6) is 5.75 Å². The van der Waals surface area contributed by atoms with E-state index in [1.54, 1.807) is 18.2 Å². The minimum absolute atomic E-state index is 0.0553. The number of nitrogens with zero attached hydrogens (tertiary/aromatic N) is 4. The molecular weight excluding hydrogens is 427 g/mol. The van der Waals surface area contributed by atoms with Crippen molar-refractivity contribution in [3.8, 4) is 22.8 Å². The number of phenols is 1. The molecule has 9 nitrogen and oxygen atoms in total. The number of aromatic nitrogens is 3. The molecule has 172 valence electrons. The van der Waals surface area contributed by atoms with E-state index >= 15 is 4.39 Å². The van der Waals surface area contributed by atoms with Gasteiger partial charge in [0.1, 0.15) is 11.6 Å². The molecule has 1 aliphatic rings. The van der Waals surface area contributed by atoms with E-state index in [0.29, 0.717) is 49.5 Å². The van der Waals surface area contributed by atoms with Crippen molar-refractivity contribution in [2.24, 2.45) is 5.92 Å². The molecule has 1 aromatic heterocycles. The summed E-state index contributed by atoms with van der Waals surface area (Å²) in [6.45, 7) is 5.93. The number of morpholine rings is 1. The van der Waals surface area contributed by atoms with Gasteiger partial charge in [0.2, 0.25) is 5.82 Å². The maximum absolute atomic E-state index is 15.1. The zero-order chi connectivity index (χ0) is 23.7. The lowest BCUT2D eigenvalue weighted by Gasteiger charge is -2.29. The molecule has 0 amide bonds. The number of nitrogen functional groups attached to an aromatic ring is 1. The Bertz CT molecular complexity index is 1220. The van der Waals surface area contributed by atoms with Crippen LogP contribution in [-0.4, -0.2) is 58.2 Å². The van der Waals surface area contributed by atoms with Gasteiger partial charge in [-0.3, -0.25) is 9.36 Å². The van der Waals surface area contributed by atoms with Crippen LogP contribution in [0.4, 0.5) is 15.8 Å². The number of phenolic OH excluding ortho intramolecular Hbond substituents is 1. The molecule has 1 fully saturated rings. The van der Waals surface area contributed by atoms with Crippen LogP contribution in [0.15, 0.2) is 30.3 Å². The Morgan fingerprint density at radius 2 is 1.97 bits per heavy atom. The molecule has 1 aliphatic heterocycles. The number of ether oxygens (including phenoxy) is 1. The number of hydrogen-bond donors (Lipinski definition) is 3. The van der Waals surface area contributed by atoms with Crippen molar-refractivity contribution in [1.29, 1.82) is 5.41 Å². The standard InChI is InChI=1S/C23H25FN6O3/c1-13(2)22(26)15-10-16(20(32)11-18(15)25)23-28-27-21(12-31)30(23)14-3-4-19(17(24)9-14)29-5-7-33-8-6-29/h3-4,9-13,26,32H,5-8,25H2,1-2H3. The number of nitrogens with one attached hydrogen (secondary N) is 1. The lowest BCUT2D eigenvalue weighted by molar-refractivity contribution is 0.111. The summed E-state index contributed by atoms with van der Waals surface area (Å²) < 4.78 is 21.8. The molecule has 4 rings (SSSR count). The molecule has 2 aromatic carbocycles. The average Bonchev–Trinajstić information content (AvgIpc) is 3.23. The summed E-state index contributed by atoms with van der Waals surface area (Å²) in [4.78, 5) is 13.6. The first kappa shape index (κ1) is 22.4. The van der Waals surface area contributed by atoms with Crippen molar-refractivity contribution in [2.75, 3.05) is 36.9 Å². The molecule has 0 unspecified atom stereocenters. The zero-order valence-electron chi connectivity index (χ0n) is 18.4. The summed E-state index contributed by atoms with van der Waals surface area (Å²) in [5.41, 5.74) is 7.99. The fraction of sp³-hybridized carbons (Fsp3) is 0.304. The number of aromatic hydroxyl groups is 1. The number of halogens is 1. The van der Waals surface area contributed by atoms with E-state index < -0.39 is 5.82 Å². The van der Waals surface area contributed by atoms with Crippen molar-refractivity contribution in [1.82, 2.24) is 14.8 Å².